The van der Waals surface area contributed by atoms with E-state index in [0.29, 0.717) is 17.8 Å². The summed E-state index contributed by atoms with van der Waals surface area (Å²) >= 11 is 0. The Hall–Kier alpha value is -2.24. The molecule has 3 aliphatic rings. The van der Waals surface area contributed by atoms with Crippen LogP contribution in [0.5, 0.6) is 0 Å². The van der Waals surface area contributed by atoms with Gasteiger partial charge in [0.2, 0.25) is 0 Å². The number of hydrogen-bond donors (Lipinski definition) is 0. The molecule has 124 valence electrons. The van der Waals surface area contributed by atoms with Crippen LogP contribution in [0.3, 0.4) is 0 Å². The van der Waals surface area contributed by atoms with E-state index in [2.05, 4.69) is 35.8 Å². The fraction of sp³-hybridized carbons (Fsp3) is 0.556. The van der Waals surface area contributed by atoms with E-state index in [4.69, 9.17) is 0 Å². The molecular formula is C18H22N6. The van der Waals surface area contributed by atoms with E-state index in [-0.39, 0.29) is 0 Å². The molecule has 2 unspecified atom stereocenters. The van der Waals surface area contributed by atoms with Crippen LogP contribution in [0.25, 0.3) is 0 Å². The summed E-state index contributed by atoms with van der Waals surface area (Å²) in [5, 5.41) is 0. The maximum absolute atomic E-state index is 4.55. The Labute approximate surface area is 142 Å². The van der Waals surface area contributed by atoms with Crippen molar-refractivity contribution in [3.8, 4) is 0 Å². The molecule has 1 aliphatic carbocycles. The highest BCUT2D eigenvalue weighted by Crippen LogP contribution is 2.38. The van der Waals surface area contributed by atoms with Crippen LogP contribution in [0.15, 0.2) is 31.0 Å². The minimum atomic E-state index is 0.668. The lowest BCUT2D eigenvalue weighted by Gasteiger charge is -2.26. The second-order valence-electron chi connectivity index (χ2n) is 7.32. The maximum atomic E-state index is 4.55. The third kappa shape index (κ3) is 2.41. The zero-order chi connectivity index (χ0) is 15.9. The average molecular weight is 322 g/mol. The number of hydrogen-bond acceptors (Lipinski definition) is 6. The van der Waals surface area contributed by atoms with Gasteiger partial charge in [-0.05, 0) is 12.8 Å². The van der Waals surface area contributed by atoms with Crippen LogP contribution in [0.1, 0.15) is 30.9 Å². The largest absolute Gasteiger partial charge is 0.356 e. The standard InChI is InChI=1S/C18H22N6/c1-2-13(3-1)16-6-17(22-12-21-16)23-8-14-10-24(11-15(14)9-23)18-7-19-4-5-20-18/h4-7,12-15H,1-3,8-11H2. The van der Waals surface area contributed by atoms with E-state index in [0.717, 1.165) is 37.8 Å². The van der Waals surface area contributed by atoms with Crippen molar-refractivity contribution >= 4 is 11.6 Å². The fourth-order valence-electron chi connectivity index (χ4n) is 4.28. The third-order valence-electron chi connectivity index (χ3n) is 5.88. The minimum Gasteiger partial charge on any atom is -0.356 e. The van der Waals surface area contributed by atoms with Crippen molar-refractivity contribution in [3.05, 3.63) is 36.7 Å². The first kappa shape index (κ1) is 14.1. The maximum Gasteiger partial charge on any atom is 0.147 e. The van der Waals surface area contributed by atoms with Gasteiger partial charge in [0.25, 0.3) is 0 Å². The molecule has 2 aliphatic heterocycles. The van der Waals surface area contributed by atoms with Gasteiger partial charge >= 0.3 is 0 Å². The Morgan fingerprint density at radius 3 is 2.21 bits per heavy atom. The number of anilines is 2. The summed E-state index contributed by atoms with van der Waals surface area (Å²) < 4.78 is 0. The van der Waals surface area contributed by atoms with E-state index in [1.165, 1.54) is 25.0 Å². The fourth-order valence-corrected chi connectivity index (χ4v) is 4.28. The summed E-state index contributed by atoms with van der Waals surface area (Å²) in [5.74, 6) is 4.17. The van der Waals surface area contributed by atoms with Gasteiger partial charge in [-0.1, -0.05) is 6.42 Å². The molecule has 0 N–H and O–H groups in total. The molecule has 0 amide bonds. The van der Waals surface area contributed by atoms with Crippen molar-refractivity contribution in [2.24, 2.45) is 11.8 Å². The molecule has 0 aromatic carbocycles. The Kier molecular flexibility index (Phi) is 3.35. The van der Waals surface area contributed by atoms with Crippen LogP contribution in [0, 0.1) is 11.8 Å². The smallest absolute Gasteiger partial charge is 0.147 e. The van der Waals surface area contributed by atoms with Crippen molar-refractivity contribution in [1.29, 1.82) is 0 Å². The van der Waals surface area contributed by atoms with Gasteiger partial charge in [-0.25, -0.2) is 15.0 Å². The molecule has 5 rings (SSSR count). The molecule has 6 nitrogen and oxygen atoms in total. The van der Waals surface area contributed by atoms with Gasteiger partial charge < -0.3 is 9.80 Å². The first-order valence-electron chi connectivity index (χ1n) is 8.94. The van der Waals surface area contributed by atoms with Gasteiger partial charge in [-0.15, -0.1) is 0 Å². The highest BCUT2D eigenvalue weighted by molar-refractivity contribution is 5.44. The lowest BCUT2D eigenvalue weighted by molar-refractivity contribution is 0.410. The van der Waals surface area contributed by atoms with Crippen molar-refractivity contribution in [1.82, 2.24) is 19.9 Å². The Morgan fingerprint density at radius 2 is 1.58 bits per heavy atom. The zero-order valence-electron chi connectivity index (χ0n) is 13.8. The molecule has 24 heavy (non-hydrogen) atoms. The van der Waals surface area contributed by atoms with E-state index in [9.17, 15) is 0 Å². The van der Waals surface area contributed by atoms with Gasteiger partial charge in [0.05, 0.1) is 6.20 Å². The molecule has 4 heterocycles. The van der Waals surface area contributed by atoms with Crippen LogP contribution in [0.4, 0.5) is 11.6 Å². The molecule has 6 heteroatoms. The summed E-state index contributed by atoms with van der Waals surface area (Å²) in [5.41, 5.74) is 1.24. The van der Waals surface area contributed by atoms with Crippen LogP contribution < -0.4 is 9.80 Å². The SMILES string of the molecule is c1cnc(N2CC3CN(c4cc(C5CCC5)ncn4)CC3C2)cn1. The van der Waals surface area contributed by atoms with Crippen molar-refractivity contribution in [2.45, 2.75) is 25.2 Å². The lowest BCUT2D eigenvalue weighted by Crippen LogP contribution is -2.29. The van der Waals surface area contributed by atoms with Crippen LogP contribution in [0.2, 0.25) is 0 Å². The molecule has 2 atom stereocenters. The normalized spacial score (nSPS) is 26.5. The Morgan fingerprint density at radius 1 is 0.833 bits per heavy atom. The summed E-state index contributed by atoms with van der Waals surface area (Å²) in [6.07, 6.45) is 11.0. The van der Waals surface area contributed by atoms with Gasteiger partial charge in [0, 0.05) is 68.1 Å². The molecule has 3 fully saturated rings. The quantitative estimate of drug-likeness (QED) is 0.862. The number of rotatable bonds is 3. The van der Waals surface area contributed by atoms with Gasteiger partial charge in [0.15, 0.2) is 0 Å². The Bertz CT molecular complexity index is 702. The first-order chi connectivity index (χ1) is 11.9. The van der Waals surface area contributed by atoms with E-state index < -0.39 is 0 Å². The number of nitrogens with zero attached hydrogens (tertiary/aromatic N) is 6. The highest BCUT2D eigenvalue weighted by atomic mass is 15.3. The monoisotopic (exact) mass is 322 g/mol. The predicted octanol–water partition coefficient (Wildman–Crippen LogP) is 2.11. The molecule has 2 aromatic heterocycles. The van der Waals surface area contributed by atoms with Crippen LogP contribution in [-0.4, -0.2) is 46.1 Å². The van der Waals surface area contributed by atoms with E-state index >= 15 is 0 Å². The summed E-state index contributed by atoms with van der Waals surface area (Å²) in [7, 11) is 0. The lowest BCUT2D eigenvalue weighted by atomic mass is 9.83. The highest BCUT2D eigenvalue weighted by Gasteiger charge is 2.41. The topological polar surface area (TPSA) is 58.0 Å². The molecule has 2 saturated heterocycles. The Balaban J connectivity index is 1.28. The second-order valence-corrected chi connectivity index (χ2v) is 7.32. The molecule has 1 saturated carbocycles. The molecule has 2 aromatic rings. The minimum absolute atomic E-state index is 0.668. The van der Waals surface area contributed by atoms with Crippen LogP contribution in [-0.2, 0) is 0 Å². The van der Waals surface area contributed by atoms with Crippen molar-refractivity contribution < 1.29 is 0 Å². The van der Waals surface area contributed by atoms with E-state index in [1.807, 2.05) is 6.20 Å². The first-order valence-corrected chi connectivity index (χ1v) is 8.94. The third-order valence-corrected chi connectivity index (χ3v) is 5.88. The number of fused-ring (bicyclic) bond motifs is 1. The zero-order valence-corrected chi connectivity index (χ0v) is 13.8. The predicted molar refractivity (Wildman–Crippen MR) is 92.1 cm³/mol. The summed E-state index contributed by atoms with van der Waals surface area (Å²) in [4.78, 5) is 22.5. The summed E-state index contributed by atoms with van der Waals surface area (Å²) in [6, 6.07) is 2.23. The molecule has 0 radical (unpaired) electrons. The molecular weight excluding hydrogens is 300 g/mol. The van der Waals surface area contributed by atoms with Crippen molar-refractivity contribution in [2.75, 3.05) is 36.0 Å². The second kappa shape index (κ2) is 5.69. The van der Waals surface area contributed by atoms with Crippen molar-refractivity contribution in [3.63, 3.8) is 0 Å². The molecule has 0 bridgehead atoms. The number of aromatic nitrogens is 4. The molecule has 0 spiro atoms. The van der Waals surface area contributed by atoms with Gasteiger partial charge in [-0.3, -0.25) is 4.98 Å². The van der Waals surface area contributed by atoms with Gasteiger partial charge in [0.1, 0.15) is 18.0 Å². The summed E-state index contributed by atoms with van der Waals surface area (Å²) in [6.45, 7) is 4.31. The van der Waals surface area contributed by atoms with Crippen LogP contribution >= 0.6 is 0 Å². The van der Waals surface area contributed by atoms with E-state index in [1.54, 1.807) is 18.7 Å². The average Bonchev–Trinajstić information content (AvgIpc) is 3.13. The van der Waals surface area contributed by atoms with Gasteiger partial charge in [-0.2, -0.15) is 0 Å².